The maximum atomic E-state index is 11.4. The molecule has 11 heteroatoms. The van der Waals surface area contributed by atoms with Crippen LogP contribution in [0.2, 0.25) is 5.15 Å². The van der Waals surface area contributed by atoms with Gasteiger partial charge in [-0.25, -0.2) is 22.7 Å². The first-order valence-electron chi connectivity index (χ1n) is 6.11. The minimum absolute atomic E-state index is 0.0161. The third kappa shape index (κ3) is 5.06. The molecule has 0 saturated carbocycles. The third-order valence-corrected chi connectivity index (χ3v) is 4.31. The number of sulfonamides is 1. The van der Waals surface area contributed by atoms with Crippen LogP contribution in [0.5, 0.6) is 0 Å². The Morgan fingerprint density at radius 1 is 1.48 bits per heavy atom. The highest BCUT2D eigenvalue weighted by atomic mass is 35.5. The molecule has 118 valence electrons. The van der Waals surface area contributed by atoms with Gasteiger partial charge in [0, 0.05) is 19.6 Å². The Balaban J connectivity index is 2.62. The van der Waals surface area contributed by atoms with E-state index < -0.39 is 20.6 Å². The largest absolute Gasteiger partial charge is 0.364 e. The second kappa shape index (κ2) is 7.48. The lowest BCUT2D eigenvalue weighted by molar-refractivity contribution is -0.384. The van der Waals surface area contributed by atoms with Gasteiger partial charge in [0.15, 0.2) is 0 Å². The van der Waals surface area contributed by atoms with Crippen molar-refractivity contribution >= 4 is 33.1 Å². The van der Waals surface area contributed by atoms with Gasteiger partial charge in [-0.3, -0.25) is 10.1 Å². The topological polar surface area (TPSA) is 118 Å². The number of hydrogen-bond acceptors (Lipinski definition) is 7. The van der Waals surface area contributed by atoms with Gasteiger partial charge < -0.3 is 5.32 Å². The summed E-state index contributed by atoms with van der Waals surface area (Å²) in [6.07, 6.45) is 2.73. The Morgan fingerprint density at radius 3 is 2.67 bits per heavy atom. The predicted molar refractivity (Wildman–Crippen MR) is 78.9 cm³/mol. The number of nitrogens with zero attached hydrogens (tertiary/aromatic N) is 4. The van der Waals surface area contributed by atoms with Gasteiger partial charge >= 0.3 is 5.69 Å². The van der Waals surface area contributed by atoms with E-state index in [-0.39, 0.29) is 11.0 Å². The van der Waals surface area contributed by atoms with Crippen molar-refractivity contribution in [2.75, 3.05) is 31.2 Å². The molecule has 0 aliphatic rings. The molecule has 1 heterocycles. The highest BCUT2D eigenvalue weighted by molar-refractivity contribution is 7.88. The van der Waals surface area contributed by atoms with Gasteiger partial charge in [-0.2, -0.15) is 0 Å². The van der Waals surface area contributed by atoms with Gasteiger partial charge in [0.2, 0.25) is 21.0 Å². The van der Waals surface area contributed by atoms with Crippen LogP contribution < -0.4 is 5.32 Å². The summed E-state index contributed by atoms with van der Waals surface area (Å²) < 4.78 is 24.1. The zero-order chi connectivity index (χ0) is 16.0. The summed E-state index contributed by atoms with van der Waals surface area (Å²) in [5, 5.41) is 13.4. The monoisotopic (exact) mass is 337 g/mol. The van der Waals surface area contributed by atoms with E-state index in [1.165, 1.54) is 4.31 Å². The molecule has 1 aromatic rings. The van der Waals surface area contributed by atoms with Crippen molar-refractivity contribution in [2.45, 2.75) is 13.3 Å². The Bertz CT molecular complexity index is 609. The fourth-order valence-electron chi connectivity index (χ4n) is 1.67. The molecule has 0 atom stereocenters. The number of nitro groups is 1. The van der Waals surface area contributed by atoms with E-state index in [9.17, 15) is 18.5 Å². The molecular weight excluding hydrogens is 322 g/mol. The fraction of sp³-hybridized carbons (Fsp3) is 0.600. The van der Waals surface area contributed by atoms with E-state index in [1.807, 2.05) is 0 Å². The molecule has 0 saturated heterocycles. The van der Waals surface area contributed by atoms with Gasteiger partial charge in [-0.05, 0) is 6.42 Å². The van der Waals surface area contributed by atoms with Crippen LogP contribution in [0.15, 0.2) is 6.33 Å². The Labute approximate surface area is 127 Å². The second-order valence-electron chi connectivity index (χ2n) is 4.15. The molecule has 0 fully saturated rings. The molecular formula is C10H16ClN5O4S. The lowest BCUT2D eigenvalue weighted by atomic mass is 10.4. The number of rotatable bonds is 8. The van der Waals surface area contributed by atoms with Crippen molar-refractivity contribution in [3.63, 3.8) is 0 Å². The molecule has 0 aromatic carbocycles. The minimum Gasteiger partial charge on any atom is -0.364 e. The van der Waals surface area contributed by atoms with Gasteiger partial charge in [-0.1, -0.05) is 18.5 Å². The molecule has 0 unspecified atom stereocenters. The molecule has 0 bridgehead atoms. The molecule has 0 aliphatic carbocycles. The molecule has 1 N–H and O–H groups in total. The summed E-state index contributed by atoms with van der Waals surface area (Å²) in [6.45, 7) is 2.75. The van der Waals surface area contributed by atoms with E-state index in [4.69, 9.17) is 11.6 Å². The smallest absolute Gasteiger partial charge is 0.348 e. The molecule has 0 aliphatic heterocycles. The number of anilines is 1. The van der Waals surface area contributed by atoms with Crippen molar-refractivity contribution in [1.29, 1.82) is 0 Å². The molecule has 0 spiro atoms. The number of nitrogens with one attached hydrogen (secondary N) is 1. The maximum Gasteiger partial charge on any atom is 0.348 e. The number of hydrogen-bond donors (Lipinski definition) is 1. The van der Waals surface area contributed by atoms with E-state index in [2.05, 4.69) is 15.3 Å². The lowest BCUT2D eigenvalue weighted by Gasteiger charge is -2.17. The maximum absolute atomic E-state index is 11.4. The summed E-state index contributed by atoms with van der Waals surface area (Å²) >= 11 is 5.65. The average molecular weight is 338 g/mol. The zero-order valence-corrected chi connectivity index (χ0v) is 13.2. The minimum atomic E-state index is -3.24. The average Bonchev–Trinajstić information content (AvgIpc) is 2.36. The Hall–Kier alpha value is -1.52. The van der Waals surface area contributed by atoms with E-state index >= 15 is 0 Å². The molecule has 0 amide bonds. The SMILES string of the molecule is CCN(CCCNc1ncnc(Cl)c1[N+](=O)[O-])S(C)(=O)=O. The highest BCUT2D eigenvalue weighted by Crippen LogP contribution is 2.27. The van der Waals surface area contributed by atoms with Crippen molar-refractivity contribution < 1.29 is 13.3 Å². The summed E-state index contributed by atoms with van der Waals surface area (Å²) in [7, 11) is -3.24. The van der Waals surface area contributed by atoms with Crippen molar-refractivity contribution in [1.82, 2.24) is 14.3 Å². The molecule has 0 radical (unpaired) electrons. The van der Waals surface area contributed by atoms with Crippen molar-refractivity contribution in [3.8, 4) is 0 Å². The summed E-state index contributed by atoms with van der Waals surface area (Å²) in [5.41, 5.74) is -0.394. The van der Waals surface area contributed by atoms with Crippen LogP contribution in [0.1, 0.15) is 13.3 Å². The fourth-order valence-corrected chi connectivity index (χ4v) is 2.80. The number of aromatic nitrogens is 2. The summed E-state index contributed by atoms with van der Waals surface area (Å²) in [5.74, 6) is 0.0161. The highest BCUT2D eigenvalue weighted by Gasteiger charge is 2.21. The van der Waals surface area contributed by atoms with Gasteiger partial charge in [0.1, 0.15) is 6.33 Å². The first-order chi connectivity index (χ1) is 9.77. The predicted octanol–water partition coefficient (Wildman–Crippen LogP) is 1.12. The van der Waals surface area contributed by atoms with Crippen LogP contribution in [0.25, 0.3) is 0 Å². The molecule has 1 rings (SSSR count). The van der Waals surface area contributed by atoms with Gasteiger partial charge in [-0.15, -0.1) is 0 Å². The van der Waals surface area contributed by atoms with E-state index in [1.54, 1.807) is 6.92 Å². The van der Waals surface area contributed by atoms with E-state index in [0.717, 1.165) is 12.6 Å². The first kappa shape index (κ1) is 17.5. The van der Waals surface area contributed by atoms with Crippen molar-refractivity contribution in [3.05, 3.63) is 21.6 Å². The van der Waals surface area contributed by atoms with Crippen LogP contribution in [-0.4, -0.2) is 53.5 Å². The van der Waals surface area contributed by atoms with Crippen LogP contribution in [-0.2, 0) is 10.0 Å². The number of halogens is 1. The molecule has 1 aromatic heterocycles. The Morgan fingerprint density at radius 2 is 2.14 bits per heavy atom. The van der Waals surface area contributed by atoms with Crippen LogP contribution in [0, 0.1) is 10.1 Å². The molecule has 9 nitrogen and oxygen atoms in total. The van der Waals surface area contributed by atoms with Crippen LogP contribution in [0.4, 0.5) is 11.5 Å². The summed E-state index contributed by atoms with van der Waals surface area (Å²) in [4.78, 5) is 17.5. The normalized spacial score (nSPS) is 11.6. The lowest BCUT2D eigenvalue weighted by Crippen LogP contribution is -2.31. The van der Waals surface area contributed by atoms with Crippen LogP contribution in [0.3, 0.4) is 0 Å². The van der Waals surface area contributed by atoms with Crippen LogP contribution >= 0.6 is 11.6 Å². The standard InChI is InChI=1S/C10H16ClN5O4S/c1-3-15(21(2,19)20)6-4-5-12-10-8(16(17)18)9(11)13-7-14-10/h7H,3-6H2,1-2H3,(H,12,13,14). The Kier molecular flexibility index (Phi) is 6.24. The first-order valence-corrected chi connectivity index (χ1v) is 8.33. The quantitative estimate of drug-likeness (QED) is 0.327. The zero-order valence-electron chi connectivity index (χ0n) is 11.6. The van der Waals surface area contributed by atoms with E-state index in [0.29, 0.717) is 26.1 Å². The van der Waals surface area contributed by atoms with Gasteiger partial charge in [0.25, 0.3) is 0 Å². The molecule has 21 heavy (non-hydrogen) atoms. The summed E-state index contributed by atoms with van der Waals surface area (Å²) in [6, 6.07) is 0. The third-order valence-electron chi connectivity index (χ3n) is 2.66. The van der Waals surface area contributed by atoms with Crippen molar-refractivity contribution in [2.24, 2.45) is 0 Å². The second-order valence-corrected chi connectivity index (χ2v) is 6.49. The van der Waals surface area contributed by atoms with Gasteiger partial charge in [0.05, 0.1) is 11.2 Å².